The van der Waals surface area contributed by atoms with Crippen LogP contribution in [0.2, 0.25) is 0 Å². The maximum atomic E-state index is 10.5. The summed E-state index contributed by atoms with van der Waals surface area (Å²) in [6, 6.07) is 22.9. The topological polar surface area (TPSA) is 186 Å². The lowest BCUT2D eigenvalue weighted by molar-refractivity contribution is -0.165. The predicted molar refractivity (Wildman–Crippen MR) is 150 cm³/mol. The molecule has 3 atom stereocenters. The molecule has 1 unspecified atom stereocenters. The average molecular weight is 568 g/mol. The number of β-amino-alcohol motifs (C(OH)–C–C–N with tert-alkyl or cyclic N) is 1. The van der Waals surface area contributed by atoms with E-state index in [0.29, 0.717) is 25.2 Å². The van der Waals surface area contributed by atoms with Gasteiger partial charge in [0.15, 0.2) is 17.8 Å². The third-order valence-electron chi connectivity index (χ3n) is 6.65. The van der Waals surface area contributed by atoms with Crippen LogP contribution in [0, 0.1) is 0 Å². The van der Waals surface area contributed by atoms with E-state index < -0.39 is 30.3 Å². The van der Waals surface area contributed by atoms with Crippen LogP contribution in [0.25, 0.3) is 21.9 Å². The van der Waals surface area contributed by atoms with Crippen LogP contribution in [-0.4, -0.2) is 98.0 Å². The number of carboxylic acids is 2. The lowest BCUT2D eigenvalue weighted by Crippen LogP contribution is -2.43. The van der Waals surface area contributed by atoms with Gasteiger partial charge in [-0.2, -0.15) is 4.98 Å². The number of nitrogens with zero attached hydrogens (tertiary/aromatic N) is 2. The molecule has 0 spiro atoms. The minimum Gasteiger partial charge on any atom is -0.491 e. The van der Waals surface area contributed by atoms with Gasteiger partial charge in [-0.15, -0.1) is 0 Å². The summed E-state index contributed by atoms with van der Waals surface area (Å²) in [5.41, 5.74) is 1.67. The first-order valence-electron chi connectivity index (χ1n) is 13.2. The minimum atomic E-state index is -2.27. The number of piperidine rings is 1. The first kappa shape index (κ1) is 29.7. The van der Waals surface area contributed by atoms with E-state index in [2.05, 4.69) is 27.3 Å². The number of aromatic nitrogens is 1. The van der Waals surface area contributed by atoms with E-state index in [1.54, 1.807) is 0 Å². The summed E-state index contributed by atoms with van der Waals surface area (Å²) < 4.78 is 11.6. The van der Waals surface area contributed by atoms with Crippen LogP contribution in [-0.2, 0) is 9.59 Å². The molecule has 12 heteroatoms. The Kier molecular flexibility index (Phi) is 10.1. The van der Waals surface area contributed by atoms with Crippen LogP contribution < -0.4 is 10.1 Å². The number of aliphatic carboxylic acids is 2. The Labute approximate surface area is 235 Å². The van der Waals surface area contributed by atoms with Gasteiger partial charge in [0.25, 0.3) is 6.01 Å². The fourth-order valence-corrected chi connectivity index (χ4v) is 4.44. The number of nitrogens with one attached hydrogen (secondary N) is 1. The van der Waals surface area contributed by atoms with Gasteiger partial charge in [0.05, 0.1) is 0 Å². The first-order chi connectivity index (χ1) is 19.7. The Morgan fingerprint density at radius 1 is 0.927 bits per heavy atom. The summed E-state index contributed by atoms with van der Waals surface area (Å²) in [6.07, 6.45) is -3.09. The van der Waals surface area contributed by atoms with Gasteiger partial charge in [-0.1, -0.05) is 42.5 Å². The molecule has 1 aliphatic rings. The van der Waals surface area contributed by atoms with Crippen LogP contribution >= 0.6 is 0 Å². The van der Waals surface area contributed by atoms with Gasteiger partial charge >= 0.3 is 11.9 Å². The molecule has 1 fully saturated rings. The zero-order chi connectivity index (χ0) is 29.4. The van der Waals surface area contributed by atoms with Crippen molar-refractivity contribution in [1.82, 2.24) is 9.88 Å². The number of likely N-dealkylation sites (tertiary alicyclic amines) is 1. The van der Waals surface area contributed by atoms with E-state index in [1.807, 2.05) is 54.6 Å². The number of hydrogen-bond donors (Lipinski definition) is 6. The smallest absolute Gasteiger partial charge is 0.335 e. The maximum Gasteiger partial charge on any atom is 0.335 e. The molecule has 41 heavy (non-hydrogen) atoms. The van der Waals surface area contributed by atoms with Gasteiger partial charge in [-0.3, -0.25) is 0 Å². The minimum absolute atomic E-state index is 0.291. The SMILES string of the molecule is O=C(O)[C@H](O)[C@@H](O)C(=O)O.OC(COc1ccc2ccccc2c1)CN1CCC(Nc2nc3ccccc3o2)CC1. The Morgan fingerprint density at radius 3 is 2.22 bits per heavy atom. The normalized spacial score (nSPS) is 16.4. The largest absolute Gasteiger partial charge is 0.491 e. The van der Waals surface area contributed by atoms with Gasteiger partial charge in [0, 0.05) is 25.7 Å². The summed E-state index contributed by atoms with van der Waals surface area (Å²) in [4.78, 5) is 26.3. The highest BCUT2D eigenvalue weighted by Crippen LogP contribution is 2.22. The lowest BCUT2D eigenvalue weighted by Gasteiger charge is -2.33. The molecule has 0 amide bonds. The van der Waals surface area contributed by atoms with Crippen LogP contribution in [0.15, 0.2) is 71.1 Å². The number of anilines is 1. The summed E-state index contributed by atoms with van der Waals surface area (Å²) in [5, 5.41) is 48.7. The third kappa shape index (κ3) is 8.38. The van der Waals surface area contributed by atoms with Gasteiger partial charge < -0.3 is 44.9 Å². The summed E-state index contributed by atoms with van der Waals surface area (Å²) in [7, 11) is 0. The van der Waals surface area contributed by atoms with Crippen LogP contribution in [0.5, 0.6) is 5.75 Å². The second kappa shape index (κ2) is 13.9. The van der Waals surface area contributed by atoms with Crippen LogP contribution in [0.4, 0.5) is 6.01 Å². The highest BCUT2D eigenvalue weighted by atomic mass is 16.5. The highest BCUT2D eigenvalue weighted by Gasteiger charge is 2.29. The fourth-order valence-electron chi connectivity index (χ4n) is 4.44. The number of aliphatic hydroxyl groups is 3. The molecule has 0 radical (unpaired) electrons. The molecule has 0 bridgehead atoms. The number of fused-ring (bicyclic) bond motifs is 2. The molecule has 1 aliphatic heterocycles. The standard InChI is InChI=1S/C25H27N3O3.C4H6O6/c29-21(17-30-22-10-9-18-5-1-2-6-19(18)15-22)16-28-13-11-20(12-14-28)26-25-27-23-7-3-4-8-24(23)31-25;5-1(3(7)8)2(6)4(9)10/h1-10,15,20-21,29H,11-14,16-17H2,(H,26,27);1-2,5-6H,(H,7,8)(H,9,10)/t;1-,2-/m.1/s1. The van der Waals surface area contributed by atoms with Crippen molar-refractivity contribution in [2.24, 2.45) is 0 Å². The van der Waals surface area contributed by atoms with Crippen molar-refractivity contribution in [3.63, 3.8) is 0 Å². The molecule has 218 valence electrons. The first-order valence-corrected chi connectivity index (χ1v) is 13.2. The predicted octanol–water partition coefficient (Wildman–Crippen LogP) is 2.17. The van der Waals surface area contributed by atoms with Crippen molar-refractivity contribution in [1.29, 1.82) is 0 Å². The van der Waals surface area contributed by atoms with Crippen molar-refractivity contribution in [3.8, 4) is 5.75 Å². The number of carboxylic acid groups (broad SMARTS) is 2. The van der Waals surface area contributed by atoms with Crippen molar-refractivity contribution in [2.75, 3.05) is 31.6 Å². The molecule has 0 aliphatic carbocycles. The third-order valence-corrected chi connectivity index (χ3v) is 6.65. The highest BCUT2D eigenvalue weighted by molar-refractivity contribution is 5.84. The van der Waals surface area contributed by atoms with Crippen molar-refractivity contribution in [3.05, 3.63) is 66.7 Å². The Morgan fingerprint density at radius 2 is 1.56 bits per heavy atom. The number of para-hydroxylation sites is 2. The molecule has 1 aromatic heterocycles. The lowest BCUT2D eigenvalue weighted by atomic mass is 10.0. The number of oxazole rings is 1. The Bertz CT molecular complexity index is 1400. The Balaban J connectivity index is 0.000000334. The monoisotopic (exact) mass is 567 g/mol. The van der Waals surface area contributed by atoms with E-state index in [4.69, 9.17) is 29.6 Å². The van der Waals surface area contributed by atoms with Crippen molar-refractivity contribution < 1.29 is 44.3 Å². The zero-order valence-corrected chi connectivity index (χ0v) is 22.2. The molecule has 3 aromatic carbocycles. The number of ether oxygens (including phenoxy) is 1. The van der Waals surface area contributed by atoms with Gasteiger partial charge in [-0.25, -0.2) is 9.59 Å². The molecule has 5 rings (SSSR count). The quantitative estimate of drug-likeness (QED) is 0.164. The van der Waals surface area contributed by atoms with E-state index in [1.165, 1.54) is 5.39 Å². The average Bonchev–Trinajstić information content (AvgIpc) is 3.39. The molecule has 12 nitrogen and oxygen atoms in total. The van der Waals surface area contributed by atoms with Crippen molar-refractivity contribution in [2.45, 2.75) is 37.2 Å². The summed E-state index contributed by atoms with van der Waals surface area (Å²) in [5.74, 6) is -2.75. The molecule has 1 saturated heterocycles. The number of carbonyl (C=O) groups is 2. The maximum absolute atomic E-state index is 10.5. The molecule has 6 N–H and O–H groups in total. The van der Waals surface area contributed by atoms with Gasteiger partial charge in [0.2, 0.25) is 0 Å². The summed E-state index contributed by atoms with van der Waals surface area (Å²) in [6.45, 7) is 2.75. The molecular weight excluding hydrogens is 534 g/mol. The van der Waals surface area contributed by atoms with E-state index in [0.717, 1.165) is 48.2 Å². The number of hydrogen-bond acceptors (Lipinski definition) is 10. The van der Waals surface area contributed by atoms with E-state index in [9.17, 15) is 14.7 Å². The zero-order valence-electron chi connectivity index (χ0n) is 22.2. The van der Waals surface area contributed by atoms with Crippen molar-refractivity contribution >= 4 is 39.8 Å². The van der Waals surface area contributed by atoms with Crippen LogP contribution in [0.1, 0.15) is 12.8 Å². The van der Waals surface area contributed by atoms with Gasteiger partial charge in [0.1, 0.15) is 24.0 Å². The number of rotatable bonds is 10. The second-order valence-electron chi connectivity index (χ2n) is 9.75. The number of aliphatic hydroxyl groups excluding tert-OH is 3. The molecule has 0 saturated carbocycles. The second-order valence-corrected chi connectivity index (χ2v) is 9.75. The van der Waals surface area contributed by atoms with E-state index in [-0.39, 0.29) is 0 Å². The molecule has 2 heterocycles. The van der Waals surface area contributed by atoms with Gasteiger partial charge in [-0.05, 0) is 47.9 Å². The Hall–Kier alpha value is -4.23. The summed E-state index contributed by atoms with van der Waals surface area (Å²) >= 11 is 0. The fraction of sp³-hybridized carbons (Fsp3) is 0.345. The molecular formula is C29H33N3O9. The van der Waals surface area contributed by atoms with Crippen LogP contribution in [0.3, 0.4) is 0 Å². The molecule has 4 aromatic rings. The number of benzene rings is 3. The van der Waals surface area contributed by atoms with E-state index >= 15 is 0 Å².